The van der Waals surface area contributed by atoms with E-state index in [1.54, 1.807) is 0 Å². The molecule has 0 atom stereocenters. The first kappa shape index (κ1) is 19.8. The molecule has 1 heteroatoms. The van der Waals surface area contributed by atoms with E-state index in [1.807, 2.05) is 0 Å². The molecule has 6 rings (SSSR count). The molecular weight excluding hydrogens is 395 g/mol. The minimum absolute atomic E-state index is 0.181. The van der Waals surface area contributed by atoms with Gasteiger partial charge < -0.3 is 0 Å². The van der Waals surface area contributed by atoms with Crippen LogP contribution in [0.5, 0.6) is 0 Å². The first-order valence-electron chi connectivity index (χ1n) is 11.7. The maximum Gasteiger partial charge on any atom is 0.221 e. The molecule has 0 saturated heterocycles. The number of fused-ring (bicyclic) bond motifs is 2. The number of rotatable bonds is 3. The van der Waals surface area contributed by atoms with Crippen LogP contribution in [0.3, 0.4) is 0 Å². The first-order valence-corrected chi connectivity index (χ1v) is 11.7. The molecule has 0 saturated carbocycles. The topological polar surface area (TPSA) is 0 Å². The van der Waals surface area contributed by atoms with E-state index in [4.69, 9.17) is 0 Å². The minimum atomic E-state index is -0.331. The Bertz CT molecular complexity index is 1450. The second kappa shape index (κ2) is 7.94. The molecule has 5 aromatic carbocycles. The summed E-state index contributed by atoms with van der Waals surface area (Å²) in [4.78, 5) is 0. The fourth-order valence-electron chi connectivity index (χ4n) is 5.75. The lowest BCUT2D eigenvalue weighted by Gasteiger charge is -2.40. The zero-order valence-electron chi connectivity index (χ0n) is 18.8. The number of allylic oxidation sites excluding steroid dienone is 3. The molecule has 0 fully saturated rings. The Balaban J connectivity index is 1.78. The van der Waals surface area contributed by atoms with Crippen molar-refractivity contribution < 1.29 is 0 Å². The highest BCUT2D eigenvalue weighted by Gasteiger charge is 2.45. The summed E-state index contributed by atoms with van der Waals surface area (Å²) in [5.74, 6) is 2.39. The van der Waals surface area contributed by atoms with Crippen LogP contribution in [-0.4, -0.2) is 6.71 Å². The minimum Gasteiger partial charge on any atom is -0.109 e. The van der Waals surface area contributed by atoms with Crippen LogP contribution in [0.15, 0.2) is 133 Å². The van der Waals surface area contributed by atoms with Crippen LogP contribution in [0, 0.1) is 6.92 Å². The normalized spacial score (nSPS) is 14.8. The average Bonchev–Trinajstić information content (AvgIpc) is 2.88. The van der Waals surface area contributed by atoms with Gasteiger partial charge in [-0.2, -0.15) is 0 Å². The van der Waals surface area contributed by atoms with Gasteiger partial charge in [-0.15, -0.1) is 5.98 Å². The maximum atomic E-state index is 2.44. The SMILES string of the molecule is Cc1ccccc1B1C=CC=CC1(c1cccc2ccccc12)c1cccc2ccccc12. The van der Waals surface area contributed by atoms with Crippen LogP contribution in [0.1, 0.15) is 16.7 Å². The van der Waals surface area contributed by atoms with Crippen molar-refractivity contribution in [3.05, 3.63) is 150 Å². The summed E-state index contributed by atoms with van der Waals surface area (Å²) in [5, 5.41) is 4.85. The lowest BCUT2D eigenvalue weighted by atomic mass is 9.25. The largest absolute Gasteiger partial charge is 0.221 e. The van der Waals surface area contributed by atoms with Crippen LogP contribution in [-0.2, 0) is 5.31 Å². The highest BCUT2D eigenvalue weighted by molar-refractivity contribution is 6.82. The molecule has 0 spiro atoms. The van der Waals surface area contributed by atoms with Gasteiger partial charge in [-0.05, 0) is 39.6 Å². The summed E-state index contributed by atoms with van der Waals surface area (Å²) in [6, 6.07) is 40.0. The monoisotopic (exact) mass is 420 g/mol. The Kier molecular flexibility index (Phi) is 4.77. The Morgan fingerprint density at radius 2 is 1.09 bits per heavy atom. The summed E-state index contributed by atoms with van der Waals surface area (Å²) in [6.07, 6.45) is 6.89. The van der Waals surface area contributed by atoms with Crippen molar-refractivity contribution in [2.24, 2.45) is 0 Å². The molecule has 1 aliphatic heterocycles. The Morgan fingerprint density at radius 3 is 1.73 bits per heavy atom. The summed E-state index contributed by atoms with van der Waals surface area (Å²) in [5.41, 5.74) is 5.41. The summed E-state index contributed by atoms with van der Waals surface area (Å²) in [6.45, 7) is 2.42. The van der Waals surface area contributed by atoms with Crippen molar-refractivity contribution >= 4 is 33.7 Å². The second-order valence-corrected chi connectivity index (χ2v) is 9.00. The fraction of sp³-hybridized carbons (Fsp3) is 0.0625. The van der Waals surface area contributed by atoms with Crippen LogP contribution in [0.2, 0.25) is 0 Å². The van der Waals surface area contributed by atoms with E-state index < -0.39 is 0 Å². The van der Waals surface area contributed by atoms with Gasteiger partial charge in [0.2, 0.25) is 6.71 Å². The molecule has 0 N–H and O–H groups in total. The molecular formula is C32H25B. The molecule has 156 valence electrons. The molecule has 5 aromatic rings. The molecule has 0 nitrogen and oxygen atoms in total. The molecule has 33 heavy (non-hydrogen) atoms. The number of hydrogen-bond donors (Lipinski definition) is 0. The van der Waals surface area contributed by atoms with Gasteiger partial charge in [0.15, 0.2) is 0 Å². The van der Waals surface area contributed by atoms with Crippen molar-refractivity contribution in [3.63, 3.8) is 0 Å². The van der Waals surface area contributed by atoms with E-state index >= 15 is 0 Å². The average molecular weight is 420 g/mol. The molecule has 0 aliphatic carbocycles. The highest BCUT2D eigenvalue weighted by Crippen LogP contribution is 2.44. The molecule has 1 heterocycles. The molecule has 1 aliphatic rings. The van der Waals surface area contributed by atoms with Crippen molar-refractivity contribution in [1.29, 1.82) is 0 Å². The van der Waals surface area contributed by atoms with Gasteiger partial charge in [-0.1, -0.05) is 138 Å². The van der Waals surface area contributed by atoms with Gasteiger partial charge >= 0.3 is 0 Å². The molecule has 0 aromatic heterocycles. The first-order chi connectivity index (χ1) is 16.3. The molecule has 0 radical (unpaired) electrons. The number of hydrogen-bond acceptors (Lipinski definition) is 0. The van der Waals surface area contributed by atoms with E-state index in [1.165, 1.54) is 43.7 Å². The molecule has 0 amide bonds. The summed E-state index contributed by atoms with van der Waals surface area (Å²) >= 11 is 0. The van der Waals surface area contributed by atoms with Crippen molar-refractivity contribution in [3.8, 4) is 0 Å². The van der Waals surface area contributed by atoms with Crippen LogP contribution >= 0.6 is 0 Å². The molecule has 0 unspecified atom stereocenters. The third-order valence-electron chi connectivity index (χ3n) is 7.26. The Morgan fingerprint density at radius 1 is 0.545 bits per heavy atom. The lowest BCUT2D eigenvalue weighted by molar-refractivity contribution is 0.917. The van der Waals surface area contributed by atoms with Crippen molar-refractivity contribution in [2.45, 2.75) is 12.2 Å². The van der Waals surface area contributed by atoms with Crippen molar-refractivity contribution in [2.75, 3.05) is 0 Å². The third-order valence-corrected chi connectivity index (χ3v) is 7.26. The predicted octanol–water partition coefficient (Wildman–Crippen LogP) is 7.19. The maximum absolute atomic E-state index is 2.44. The smallest absolute Gasteiger partial charge is 0.109 e. The highest BCUT2D eigenvalue weighted by atomic mass is 14.3. The van der Waals surface area contributed by atoms with E-state index in [-0.39, 0.29) is 12.0 Å². The van der Waals surface area contributed by atoms with Gasteiger partial charge in [0, 0.05) is 5.31 Å². The van der Waals surface area contributed by atoms with Gasteiger partial charge in [0.1, 0.15) is 0 Å². The summed E-state index contributed by atoms with van der Waals surface area (Å²) in [7, 11) is 0. The zero-order valence-corrected chi connectivity index (χ0v) is 18.8. The van der Waals surface area contributed by atoms with E-state index in [2.05, 4.69) is 140 Å². The fourth-order valence-corrected chi connectivity index (χ4v) is 5.75. The number of aryl methyl sites for hydroxylation is 1. The molecule has 0 bridgehead atoms. The predicted molar refractivity (Wildman–Crippen MR) is 144 cm³/mol. The summed E-state index contributed by atoms with van der Waals surface area (Å²) < 4.78 is 0. The second-order valence-electron chi connectivity index (χ2n) is 9.00. The van der Waals surface area contributed by atoms with Gasteiger partial charge in [0.05, 0.1) is 0 Å². The van der Waals surface area contributed by atoms with Gasteiger partial charge in [0.25, 0.3) is 0 Å². The lowest BCUT2D eigenvalue weighted by Crippen LogP contribution is -2.51. The van der Waals surface area contributed by atoms with E-state index in [0.717, 1.165) is 0 Å². The quantitative estimate of drug-likeness (QED) is 0.271. The van der Waals surface area contributed by atoms with Crippen LogP contribution < -0.4 is 5.46 Å². The van der Waals surface area contributed by atoms with Crippen molar-refractivity contribution in [1.82, 2.24) is 0 Å². The van der Waals surface area contributed by atoms with Gasteiger partial charge in [-0.25, -0.2) is 0 Å². The zero-order chi connectivity index (χ0) is 22.3. The van der Waals surface area contributed by atoms with E-state index in [9.17, 15) is 0 Å². The van der Waals surface area contributed by atoms with Crippen LogP contribution in [0.25, 0.3) is 21.5 Å². The number of benzene rings is 5. The van der Waals surface area contributed by atoms with Crippen LogP contribution in [0.4, 0.5) is 0 Å². The standard InChI is InChI=1S/C32H25B/c1-24-12-2-7-21-31(24)33-23-9-8-22-32(33,29-19-10-15-25-13-3-5-17-27(25)29)30-20-11-16-26-14-4-6-18-28(26)30/h2-23H,1H3. The Hall–Kier alpha value is -3.84. The Labute approximate surface area is 196 Å². The van der Waals surface area contributed by atoms with Gasteiger partial charge in [-0.3, -0.25) is 0 Å². The van der Waals surface area contributed by atoms with E-state index in [0.29, 0.717) is 0 Å². The third kappa shape index (κ3) is 3.08.